The van der Waals surface area contributed by atoms with Crippen molar-refractivity contribution in [3.63, 3.8) is 0 Å². The molecule has 0 bridgehead atoms. The minimum Gasteiger partial charge on any atom is -0.391 e. The molecule has 3 atom stereocenters. The summed E-state index contributed by atoms with van der Waals surface area (Å²) < 4.78 is 13.3. The van der Waals surface area contributed by atoms with Crippen LogP contribution in [0.1, 0.15) is 55.7 Å². The number of aliphatic hydroxyl groups is 1. The SMILES string of the molecule is O=C(NC1CCCc2cc(F)ccc21)NC1CCCCC1O. The Balaban J connectivity index is 1.63. The summed E-state index contributed by atoms with van der Waals surface area (Å²) in [5.41, 5.74) is 1.99. The molecule has 0 radical (unpaired) electrons. The van der Waals surface area contributed by atoms with E-state index in [0.29, 0.717) is 0 Å². The minimum absolute atomic E-state index is 0.0786. The summed E-state index contributed by atoms with van der Waals surface area (Å²) in [4.78, 5) is 12.2. The highest BCUT2D eigenvalue weighted by Crippen LogP contribution is 2.30. The van der Waals surface area contributed by atoms with E-state index in [1.165, 1.54) is 6.07 Å². The molecule has 1 aromatic rings. The average Bonchev–Trinajstić information content (AvgIpc) is 2.49. The Morgan fingerprint density at radius 3 is 2.77 bits per heavy atom. The zero-order chi connectivity index (χ0) is 15.5. The summed E-state index contributed by atoms with van der Waals surface area (Å²) in [7, 11) is 0. The molecule has 0 saturated heterocycles. The fraction of sp³-hybridized carbons (Fsp3) is 0.588. The molecule has 3 unspecified atom stereocenters. The first kappa shape index (κ1) is 15.3. The molecule has 1 saturated carbocycles. The van der Waals surface area contributed by atoms with Crippen LogP contribution in [0.4, 0.5) is 9.18 Å². The van der Waals surface area contributed by atoms with E-state index in [2.05, 4.69) is 10.6 Å². The molecule has 0 heterocycles. The maximum Gasteiger partial charge on any atom is 0.315 e. The van der Waals surface area contributed by atoms with E-state index in [4.69, 9.17) is 0 Å². The number of urea groups is 1. The van der Waals surface area contributed by atoms with Crippen molar-refractivity contribution in [3.05, 3.63) is 35.1 Å². The molecule has 120 valence electrons. The summed E-state index contributed by atoms with van der Waals surface area (Å²) in [6, 6.07) is 4.29. The third kappa shape index (κ3) is 3.40. The van der Waals surface area contributed by atoms with Gasteiger partial charge in [0.05, 0.1) is 18.2 Å². The number of aliphatic hydroxyl groups excluding tert-OH is 1. The topological polar surface area (TPSA) is 61.4 Å². The number of benzene rings is 1. The first-order chi connectivity index (χ1) is 10.6. The minimum atomic E-state index is -0.452. The zero-order valence-corrected chi connectivity index (χ0v) is 12.6. The molecule has 3 N–H and O–H groups in total. The molecule has 0 aliphatic heterocycles. The van der Waals surface area contributed by atoms with Gasteiger partial charge in [0.15, 0.2) is 0 Å². The number of rotatable bonds is 2. The molecule has 0 aromatic heterocycles. The molecule has 2 aliphatic rings. The number of amides is 2. The van der Waals surface area contributed by atoms with Crippen molar-refractivity contribution in [2.24, 2.45) is 0 Å². The van der Waals surface area contributed by atoms with E-state index >= 15 is 0 Å². The van der Waals surface area contributed by atoms with Gasteiger partial charge in [-0.2, -0.15) is 0 Å². The van der Waals surface area contributed by atoms with E-state index in [1.807, 2.05) is 0 Å². The number of hydrogen-bond acceptors (Lipinski definition) is 2. The Morgan fingerprint density at radius 2 is 1.95 bits per heavy atom. The van der Waals surface area contributed by atoms with Crippen molar-refractivity contribution in [2.45, 2.75) is 63.1 Å². The summed E-state index contributed by atoms with van der Waals surface area (Å²) in [6.07, 6.45) is 5.82. The lowest BCUT2D eigenvalue weighted by Crippen LogP contribution is -2.49. The largest absolute Gasteiger partial charge is 0.391 e. The molecule has 2 aliphatic carbocycles. The molecule has 2 amide bonds. The van der Waals surface area contributed by atoms with E-state index in [0.717, 1.165) is 56.1 Å². The maximum absolute atomic E-state index is 13.3. The highest BCUT2D eigenvalue weighted by Gasteiger charge is 2.27. The summed E-state index contributed by atoms with van der Waals surface area (Å²) in [5.74, 6) is -0.228. The van der Waals surface area contributed by atoms with Gasteiger partial charge in [-0.05, 0) is 55.4 Å². The van der Waals surface area contributed by atoms with Gasteiger partial charge in [-0.3, -0.25) is 0 Å². The van der Waals surface area contributed by atoms with E-state index < -0.39 is 6.10 Å². The number of hydrogen-bond donors (Lipinski definition) is 3. The molecule has 5 heteroatoms. The molecule has 1 fully saturated rings. The second-order valence-electron chi connectivity index (χ2n) is 6.36. The third-order valence-electron chi connectivity index (χ3n) is 4.77. The van der Waals surface area contributed by atoms with E-state index in [-0.39, 0.29) is 23.9 Å². The van der Waals surface area contributed by atoms with Gasteiger partial charge in [0.2, 0.25) is 0 Å². The third-order valence-corrected chi connectivity index (χ3v) is 4.77. The van der Waals surface area contributed by atoms with Crippen molar-refractivity contribution < 1.29 is 14.3 Å². The standard InChI is InChI=1S/C17H23FN2O2/c18-12-8-9-13-11(10-12)4-3-6-14(13)19-17(22)20-15-5-1-2-7-16(15)21/h8-10,14-16,21H,1-7H2,(H2,19,20,22). The fourth-order valence-electron chi connectivity index (χ4n) is 3.58. The zero-order valence-electron chi connectivity index (χ0n) is 12.6. The quantitative estimate of drug-likeness (QED) is 0.787. The van der Waals surface area contributed by atoms with Crippen molar-refractivity contribution in [3.8, 4) is 0 Å². The Hall–Kier alpha value is -1.62. The highest BCUT2D eigenvalue weighted by atomic mass is 19.1. The first-order valence-corrected chi connectivity index (χ1v) is 8.17. The average molecular weight is 306 g/mol. The van der Waals surface area contributed by atoms with Crippen molar-refractivity contribution in [1.82, 2.24) is 10.6 Å². The number of fused-ring (bicyclic) bond motifs is 1. The number of nitrogens with one attached hydrogen (secondary N) is 2. The summed E-state index contributed by atoms with van der Waals surface area (Å²) in [6.45, 7) is 0. The molecule has 4 nitrogen and oxygen atoms in total. The summed E-state index contributed by atoms with van der Waals surface area (Å²) in [5, 5.41) is 15.8. The maximum atomic E-state index is 13.3. The predicted molar refractivity (Wildman–Crippen MR) is 82.0 cm³/mol. The normalized spacial score (nSPS) is 27.8. The van der Waals surface area contributed by atoms with Crippen LogP contribution in [0.2, 0.25) is 0 Å². The van der Waals surface area contributed by atoms with Crippen LogP contribution in [0.25, 0.3) is 0 Å². The fourth-order valence-corrected chi connectivity index (χ4v) is 3.58. The van der Waals surface area contributed by atoms with Gasteiger partial charge in [0.25, 0.3) is 0 Å². The van der Waals surface area contributed by atoms with Crippen LogP contribution < -0.4 is 10.6 Å². The molecule has 0 spiro atoms. The van der Waals surface area contributed by atoms with Crippen molar-refractivity contribution in [2.75, 3.05) is 0 Å². The van der Waals surface area contributed by atoms with Crippen LogP contribution in [0.3, 0.4) is 0 Å². The molecule has 3 rings (SSSR count). The smallest absolute Gasteiger partial charge is 0.315 e. The van der Waals surface area contributed by atoms with Gasteiger partial charge in [0, 0.05) is 0 Å². The molecular weight excluding hydrogens is 283 g/mol. The lowest BCUT2D eigenvalue weighted by molar-refractivity contribution is 0.0939. The van der Waals surface area contributed by atoms with Gasteiger partial charge < -0.3 is 15.7 Å². The van der Waals surface area contributed by atoms with Crippen LogP contribution in [0.5, 0.6) is 0 Å². The van der Waals surface area contributed by atoms with Crippen LogP contribution in [-0.4, -0.2) is 23.3 Å². The van der Waals surface area contributed by atoms with Gasteiger partial charge >= 0.3 is 6.03 Å². The van der Waals surface area contributed by atoms with Gasteiger partial charge in [-0.1, -0.05) is 18.9 Å². The second kappa shape index (κ2) is 6.65. The monoisotopic (exact) mass is 306 g/mol. The van der Waals surface area contributed by atoms with Gasteiger partial charge in [-0.25, -0.2) is 9.18 Å². The predicted octanol–water partition coefficient (Wildman–Crippen LogP) is 2.81. The second-order valence-corrected chi connectivity index (χ2v) is 6.36. The number of halogens is 1. The Morgan fingerprint density at radius 1 is 1.14 bits per heavy atom. The van der Waals surface area contributed by atoms with E-state index in [1.54, 1.807) is 12.1 Å². The van der Waals surface area contributed by atoms with Crippen LogP contribution in [0.15, 0.2) is 18.2 Å². The number of carbonyl (C=O) groups is 1. The van der Waals surface area contributed by atoms with Crippen LogP contribution in [0, 0.1) is 5.82 Å². The van der Waals surface area contributed by atoms with Gasteiger partial charge in [0.1, 0.15) is 5.82 Å². The van der Waals surface area contributed by atoms with E-state index in [9.17, 15) is 14.3 Å². The number of aryl methyl sites for hydroxylation is 1. The lowest BCUT2D eigenvalue weighted by Gasteiger charge is -2.31. The van der Waals surface area contributed by atoms with Crippen molar-refractivity contribution in [1.29, 1.82) is 0 Å². The Bertz CT molecular complexity index is 549. The Labute approximate surface area is 130 Å². The van der Waals surface area contributed by atoms with Crippen molar-refractivity contribution >= 4 is 6.03 Å². The Kier molecular flexibility index (Phi) is 4.62. The van der Waals surface area contributed by atoms with Gasteiger partial charge in [-0.15, -0.1) is 0 Å². The first-order valence-electron chi connectivity index (χ1n) is 8.17. The molecule has 22 heavy (non-hydrogen) atoms. The highest BCUT2D eigenvalue weighted by molar-refractivity contribution is 5.75. The number of carbonyl (C=O) groups excluding carboxylic acids is 1. The molecule has 1 aromatic carbocycles. The van der Waals surface area contributed by atoms with Crippen LogP contribution >= 0.6 is 0 Å². The van der Waals surface area contributed by atoms with Crippen LogP contribution in [-0.2, 0) is 6.42 Å². The lowest BCUT2D eigenvalue weighted by atomic mass is 9.87. The molecular formula is C17H23FN2O2. The summed E-state index contributed by atoms with van der Waals surface area (Å²) >= 11 is 0.